The average molecular weight is 248 g/mol. The highest BCUT2D eigenvalue weighted by Crippen LogP contribution is 2.33. The van der Waals surface area contributed by atoms with Crippen LogP contribution in [0.4, 0.5) is 13.2 Å². The fourth-order valence-corrected chi connectivity index (χ4v) is 2.17. The molecule has 1 N–H and O–H groups in total. The molecule has 1 aromatic rings. The molecule has 0 bridgehead atoms. The van der Waals surface area contributed by atoms with Crippen LogP contribution >= 0.6 is 0 Å². The van der Waals surface area contributed by atoms with Crippen LogP contribution in [0.15, 0.2) is 0 Å². The van der Waals surface area contributed by atoms with Gasteiger partial charge in [0.1, 0.15) is 0 Å². The number of imidazole rings is 1. The second-order valence-electron chi connectivity index (χ2n) is 4.16. The number of aromatic nitrogens is 2. The second kappa shape index (κ2) is 3.75. The summed E-state index contributed by atoms with van der Waals surface area (Å²) >= 11 is 0. The Morgan fingerprint density at radius 3 is 2.71 bits per heavy atom. The van der Waals surface area contributed by atoms with Crippen LogP contribution in [0.25, 0.3) is 0 Å². The first-order valence-corrected chi connectivity index (χ1v) is 5.15. The number of nitrogens with zero attached hydrogens (tertiary/aromatic N) is 2. The number of halogens is 3. The van der Waals surface area contributed by atoms with Crippen LogP contribution in [0, 0.1) is 5.92 Å². The van der Waals surface area contributed by atoms with Crippen LogP contribution in [0.3, 0.4) is 0 Å². The highest BCUT2D eigenvalue weighted by molar-refractivity contribution is 5.70. The molecule has 0 amide bonds. The van der Waals surface area contributed by atoms with E-state index in [1.54, 1.807) is 0 Å². The van der Waals surface area contributed by atoms with E-state index in [2.05, 4.69) is 4.98 Å². The van der Waals surface area contributed by atoms with Crippen molar-refractivity contribution in [3.8, 4) is 0 Å². The van der Waals surface area contributed by atoms with Gasteiger partial charge in [-0.05, 0) is 12.8 Å². The lowest BCUT2D eigenvalue weighted by molar-refractivity contribution is -0.146. The van der Waals surface area contributed by atoms with Crippen LogP contribution in [-0.2, 0) is 30.9 Å². The van der Waals surface area contributed by atoms with Crippen molar-refractivity contribution in [2.24, 2.45) is 13.0 Å². The van der Waals surface area contributed by atoms with Gasteiger partial charge in [-0.1, -0.05) is 0 Å². The summed E-state index contributed by atoms with van der Waals surface area (Å²) in [5.41, 5.74) is 0.758. The third-order valence-electron chi connectivity index (χ3n) is 3.07. The maximum absolute atomic E-state index is 12.6. The van der Waals surface area contributed by atoms with E-state index in [1.807, 2.05) is 0 Å². The highest BCUT2D eigenvalue weighted by Gasteiger charge is 2.39. The summed E-state index contributed by atoms with van der Waals surface area (Å²) in [6.45, 7) is 0. The first-order valence-electron chi connectivity index (χ1n) is 5.15. The van der Waals surface area contributed by atoms with Gasteiger partial charge in [0.25, 0.3) is 0 Å². The Kier molecular flexibility index (Phi) is 2.63. The molecule has 1 unspecified atom stereocenters. The third-order valence-corrected chi connectivity index (χ3v) is 3.07. The Labute approximate surface area is 95.1 Å². The summed E-state index contributed by atoms with van der Waals surface area (Å²) in [6, 6.07) is 0. The van der Waals surface area contributed by atoms with Crippen molar-refractivity contribution in [2.45, 2.75) is 25.4 Å². The van der Waals surface area contributed by atoms with Crippen LogP contribution in [0.5, 0.6) is 0 Å². The molecule has 0 aliphatic heterocycles. The van der Waals surface area contributed by atoms with Crippen molar-refractivity contribution >= 4 is 5.97 Å². The Morgan fingerprint density at radius 2 is 2.18 bits per heavy atom. The lowest BCUT2D eigenvalue weighted by Crippen LogP contribution is -2.23. The van der Waals surface area contributed by atoms with E-state index in [9.17, 15) is 18.0 Å². The molecule has 0 radical (unpaired) electrons. The number of alkyl halides is 3. The molecule has 1 aromatic heterocycles. The maximum Gasteiger partial charge on any atom is 0.449 e. The van der Waals surface area contributed by atoms with Gasteiger partial charge in [-0.15, -0.1) is 0 Å². The summed E-state index contributed by atoms with van der Waals surface area (Å²) in [7, 11) is 1.32. The molecular formula is C10H11F3N2O2. The number of carbonyl (C=O) groups is 1. The van der Waals surface area contributed by atoms with E-state index in [-0.39, 0.29) is 12.1 Å². The Bertz CT molecular complexity index is 465. The number of aliphatic carboxylic acids is 1. The van der Waals surface area contributed by atoms with E-state index < -0.39 is 23.9 Å². The number of hydrogen-bond acceptors (Lipinski definition) is 2. The smallest absolute Gasteiger partial charge is 0.449 e. The molecule has 17 heavy (non-hydrogen) atoms. The first kappa shape index (κ1) is 11.9. The molecule has 0 saturated heterocycles. The van der Waals surface area contributed by atoms with Gasteiger partial charge < -0.3 is 9.67 Å². The number of hydrogen-bond donors (Lipinski definition) is 1. The number of carboxylic acids is 1. The fraction of sp³-hybridized carbons (Fsp3) is 0.600. The van der Waals surface area contributed by atoms with Crippen LogP contribution in [-0.4, -0.2) is 20.6 Å². The number of rotatable bonds is 1. The van der Waals surface area contributed by atoms with Crippen molar-refractivity contribution in [1.29, 1.82) is 0 Å². The number of fused-ring (bicyclic) bond motifs is 1. The van der Waals surface area contributed by atoms with E-state index in [0.29, 0.717) is 18.5 Å². The zero-order valence-electron chi connectivity index (χ0n) is 9.08. The molecule has 7 heteroatoms. The maximum atomic E-state index is 12.6. The minimum atomic E-state index is -4.50. The zero-order valence-corrected chi connectivity index (χ0v) is 9.08. The van der Waals surface area contributed by atoms with Gasteiger partial charge in [0.2, 0.25) is 5.82 Å². The van der Waals surface area contributed by atoms with Gasteiger partial charge in [-0.25, -0.2) is 4.98 Å². The zero-order chi connectivity index (χ0) is 12.8. The number of carboxylic acid groups (broad SMARTS) is 1. The fourth-order valence-electron chi connectivity index (χ4n) is 2.17. The largest absolute Gasteiger partial charge is 0.481 e. The predicted molar refractivity (Wildman–Crippen MR) is 51.4 cm³/mol. The van der Waals surface area contributed by atoms with Crippen LogP contribution in [0.2, 0.25) is 0 Å². The van der Waals surface area contributed by atoms with Gasteiger partial charge in [0.15, 0.2) is 0 Å². The summed E-state index contributed by atoms with van der Waals surface area (Å²) in [5.74, 6) is -2.55. The van der Waals surface area contributed by atoms with Gasteiger partial charge in [0, 0.05) is 19.2 Å². The monoisotopic (exact) mass is 248 g/mol. The molecule has 1 heterocycles. The van der Waals surface area contributed by atoms with Crippen LogP contribution in [0.1, 0.15) is 23.6 Å². The standard InChI is InChI=1S/C10H11F3N2O2/c1-15-7-3-2-5(8(16)17)4-6(7)14-9(15)10(11,12)13/h5H,2-4H2,1H3,(H,16,17). The highest BCUT2D eigenvalue weighted by atomic mass is 19.4. The van der Waals surface area contributed by atoms with Crippen molar-refractivity contribution in [2.75, 3.05) is 0 Å². The summed E-state index contributed by atoms with van der Waals surface area (Å²) < 4.78 is 38.8. The van der Waals surface area contributed by atoms with Gasteiger partial charge in [-0.2, -0.15) is 13.2 Å². The van der Waals surface area contributed by atoms with Crippen molar-refractivity contribution < 1.29 is 23.1 Å². The molecule has 0 aromatic carbocycles. The minimum absolute atomic E-state index is 0.0780. The predicted octanol–water partition coefficient (Wildman–Crippen LogP) is 1.63. The summed E-state index contributed by atoms with van der Waals surface area (Å²) in [4.78, 5) is 14.3. The molecule has 0 spiro atoms. The lowest BCUT2D eigenvalue weighted by Gasteiger charge is -2.18. The second-order valence-corrected chi connectivity index (χ2v) is 4.16. The normalized spacial score (nSPS) is 20.1. The van der Waals surface area contributed by atoms with Crippen molar-refractivity contribution in [1.82, 2.24) is 9.55 Å². The molecule has 0 saturated carbocycles. The Morgan fingerprint density at radius 1 is 1.53 bits per heavy atom. The van der Waals surface area contributed by atoms with Gasteiger partial charge >= 0.3 is 12.1 Å². The molecule has 4 nitrogen and oxygen atoms in total. The summed E-state index contributed by atoms with van der Waals surface area (Å²) in [5, 5.41) is 8.84. The quantitative estimate of drug-likeness (QED) is 0.821. The molecule has 2 rings (SSSR count). The van der Waals surface area contributed by atoms with E-state index in [4.69, 9.17) is 5.11 Å². The van der Waals surface area contributed by atoms with Crippen LogP contribution < -0.4 is 0 Å². The SMILES string of the molecule is Cn1c(C(F)(F)F)nc2c1CCC(C(=O)O)C2. The topological polar surface area (TPSA) is 55.1 Å². The molecule has 1 aliphatic carbocycles. The molecule has 0 fully saturated rings. The van der Waals surface area contributed by atoms with Gasteiger partial charge in [0.05, 0.1) is 11.6 Å². The van der Waals surface area contributed by atoms with Crippen molar-refractivity contribution in [3.63, 3.8) is 0 Å². The molecule has 1 aliphatic rings. The van der Waals surface area contributed by atoms with E-state index in [0.717, 1.165) is 4.57 Å². The molecule has 94 valence electrons. The van der Waals surface area contributed by atoms with Crippen molar-refractivity contribution in [3.05, 3.63) is 17.2 Å². The Balaban J connectivity index is 2.38. The summed E-state index contributed by atoms with van der Waals surface area (Å²) in [6.07, 6.45) is -3.73. The molecular weight excluding hydrogens is 237 g/mol. The van der Waals surface area contributed by atoms with Gasteiger partial charge in [-0.3, -0.25) is 4.79 Å². The Hall–Kier alpha value is -1.53. The third kappa shape index (κ3) is 2.01. The average Bonchev–Trinajstić information content (AvgIpc) is 2.55. The van der Waals surface area contributed by atoms with E-state index >= 15 is 0 Å². The lowest BCUT2D eigenvalue weighted by atomic mass is 9.90. The minimum Gasteiger partial charge on any atom is -0.481 e. The van der Waals surface area contributed by atoms with E-state index in [1.165, 1.54) is 7.05 Å². The first-order chi connectivity index (χ1) is 7.80. The molecule has 1 atom stereocenters.